The summed E-state index contributed by atoms with van der Waals surface area (Å²) in [7, 11) is 1.82. The van der Waals surface area contributed by atoms with Gasteiger partial charge in [-0.25, -0.2) is 0 Å². The fourth-order valence-electron chi connectivity index (χ4n) is 2.92. The van der Waals surface area contributed by atoms with Crippen molar-refractivity contribution in [3.8, 4) is 0 Å². The monoisotopic (exact) mass is 460 g/mol. The second kappa shape index (κ2) is 9.18. The molecule has 3 heterocycles. The third kappa shape index (κ3) is 4.94. The largest absolute Gasteiger partial charge is 0.364 e. The zero-order valence-electron chi connectivity index (χ0n) is 14.9. The number of hydrogen-bond donors (Lipinski definition) is 1. The van der Waals surface area contributed by atoms with Gasteiger partial charge in [0, 0.05) is 57.9 Å². The fourth-order valence-corrected chi connectivity index (χ4v) is 2.92. The molecule has 1 N–H and O–H groups in total. The molecule has 0 bridgehead atoms. The number of rotatable bonds is 4. The predicted octanol–water partition coefficient (Wildman–Crippen LogP) is 1.79. The van der Waals surface area contributed by atoms with Crippen molar-refractivity contribution < 1.29 is 9.05 Å². The molecule has 0 aromatic carbocycles. The van der Waals surface area contributed by atoms with Gasteiger partial charge in [0.05, 0.1) is 11.4 Å². The topological polar surface area (TPSA) is 82.9 Å². The van der Waals surface area contributed by atoms with Crippen LogP contribution < -0.4 is 5.32 Å². The molecular formula is C16H25IN6O2. The molecule has 2 aromatic rings. The lowest BCUT2D eigenvalue weighted by Crippen LogP contribution is -2.52. The molecule has 0 amide bonds. The number of guanidine groups is 1. The van der Waals surface area contributed by atoms with Crippen LogP contribution in [0.1, 0.15) is 22.7 Å². The predicted molar refractivity (Wildman–Crippen MR) is 105 cm³/mol. The summed E-state index contributed by atoms with van der Waals surface area (Å²) in [5.74, 6) is 1.77. The molecule has 3 rings (SSSR count). The summed E-state index contributed by atoms with van der Waals surface area (Å²) in [5.41, 5.74) is 3.00. The highest BCUT2D eigenvalue weighted by Gasteiger charge is 2.20. The molecule has 1 aliphatic rings. The van der Waals surface area contributed by atoms with Crippen LogP contribution in [0.15, 0.2) is 26.4 Å². The zero-order chi connectivity index (χ0) is 16.9. The summed E-state index contributed by atoms with van der Waals surface area (Å²) < 4.78 is 10.1. The number of piperazine rings is 1. The standard InChI is InChI=1S/C16H24N6O2.HI/c1-12-15(13(2)24-19-12)10-18-16(17-3)22-7-5-21(6-8-22)11-14-4-9-23-20-14;/h4,9H,5-8,10-11H2,1-3H3,(H,17,18);1H. The summed E-state index contributed by atoms with van der Waals surface area (Å²) >= 11 is 0. The van der Waals surface area contributed by atoms with Crippen LogP contribution in [0.5, 0.6) is 0 Å². The lowest BCUT2D eigenvalue weighted by Gasteiger charge is -2.36. The Bertz CT molecular complexity index is 657. The SMILES string of the molecule is CN=C(NCc1c(C)noc1C)N1CCN(Cc2ccon2)CC1.I. The van der Waals surface area contributed by atoms with Gasteiger partial charge in [-0.1, -0.05) is 10.3 Å². The first-order valence-electron chi connectivity index (χ1n) is 8.16. The summed E-state index contributed by atoms with van der Waals surface area (Å²) in [4.78, 5) is 9.05. The maximum atomic E-state index is 5.21. The molecular weight excluding hydrogens is 435 g/mol. The van der Waals surface area contributed by atoms with Gasteiger partial charge in [0.15, 0.2) is 5.96 Å². The number of aryl methyl sites for hydroxylation is 2. The van der Waals surface area contributed by atoms with E-state index in [9.17, 15) is 0 Å². The summed E-state index contributed by atoms with van der Waals surface area (Å²) in [6, 6.07) is 1.91. The fraction of sp³-hybridized carbons (Fsp3) is 0.562. The molecule has 9 heteroatoms. The van der Waals surface area contributed by atoms with Crippen molar-refractivity contribution in [1.29, 1.82) is 0 Å². The molecule has 0 unspecified atom stereocenters. The van der Waals surface area contributed by atoms with Gasteiger partial charge in [-0.05, 0) is 13.8 Å². The molecule has 0 atom stereocenters. The third-order valence-electron chi connectivity index (χ3n) is 4.36. The normalized spacial score (nSPS) is 16.0. The summed E-state index contributed by atoms with van der Waals surface area (Å²) in [6.07, 6.45) is 1.62. The Morgan fingerprint density at radius 1 is 1.24 bits per heavy atom. The average molecular weight is 460 g/mol. The second-order valence-corrected chi connectivity index (χ2v) is 5.96. The Morgan fingerprint density at radius 3 is 2.56 bits per heavy atom. The first kappa shape index (κ1) is 19.7. The Balaban J connectivity index is 0.00000225. The van der Waals surface area contributed by atoms with Crippen molar-refractivity contribution in [3.05, 3.63) is 35.0 Å². The van der Waals surface area contributed by atoms with Crippen molar-refractivity contribution in [2.24, 2.45) is 4.99 Å². The van der Waals surface area contributed by atoms with Crippen LogP contribution in [0.2, 0.25) is 0 Å². The highest BCUT2D eigenvalue weighted by atomic mass is 127. The van der Waals surface area contributed by atoms with Crippen LogP contribution in [0.25, 0.3) is 0 Å². The molecule has 0 radical (unpaired) electrons. The quantitative estimate of drug-likeness (QED) is 0.423. The van der Waals surface area contributed by atoms with Gasteiger partial charge in [-0.15, -0.1) is 24.0 Å². The van der Waals surface area contributed by atoms with Crippen molar-refractivity contribution in [3.63, 3.8) is 0 Å². The van der Waals surface area contributed by atoms with Crippen molar-refractivity contribution in [2.75, 3.05) is 33.2 Å². The Labute approximate surface area is 164 Å². The molecule has 25 heavy (non-hydrogen) atoms. The van der Waals surface area contributed by atoms with Gasteiger partial charge in [0.25, 0.3) is 0 Å². The van der Waals surface area contributed by atoms with Crippen molar-refractivity contribution in [2.45, 2.75) is 26.9 Å². The van der Waals surface area contributed by atoms with Gasteiger partial charge in [-0.3, -0.25) is 9.89 Å². The highest BCUT2D eigenvalue weighted by molar-refractivity contribution is 14.0. The molecule has 1 aliphatic heterocycles. The molecule has 2 aromatic heterocycles. The zero-order valence-corrected chi connectivity index (χ0v) is 17.2. The molecule has 1 saturated heterocycles. The second-order valence-electron chi connectivity index (χ2n) is 5.96. The van der Waals surface area contributed by atoms with E-state index in [-0.39, 0.29) is 24.0 Å². The lowest BCUT2D eigenvalue weighted by atomic mass is 10.2. The van der Waals surface area contributed by atoms with E-state index >= 15 is 0 Å². The van der Waals surface area contributed by atoms with E-state index in [4.69, 9.17) is 9.05 Å². The Hall–Kier alpha value is -1.62. The molecule has 0 saturated carbocycles. The smallest absolute Gasteiger partial charge is 0.194 e. The molecule has 138 valence electrons. The first-order chi connectivity index (χ1) is 11.7. The van der Waals surface area contributed by atoms with E-state index in [2.05, 4.69) is 30.4 Å². The number of aliphatic imine (C=N–C) groups is 1. The van der Waals surface area contributed by atoms with Crippen LogP contribution in [-0.2, 0) is 13.1 Å². The lowest BCUT2D eigenvalue weighted by molar-refractivity contribution is 0.169. The van der Waals surface area contributed by atoms with Gasteiger partial charge < -0.3 is 19.3 Å². The maximum absolute atomic E-state index is 5.21. The van der Waals surface area contributed by atoms with Gasteiger partial charge in [0.1, 0.15) is 12.0 Å². The average Bonchev–Trinajstić information content (AvgIpc) is 3.21. The van der Waals surface area contributed by atoms with Crippen LogP contribution >= 0.6 is 24.0 Å². The van der Waals surface area contributed by atoms with Crippen LogP contribution in [0.3, 0.4) is 0 Å². The maximum Gasteiger partial charge on any atom is 0.194 e. The minimum Gasteiger partial charge on any atom is -0.364 e. The van der Waals surface area contributed by atoms with E-state index in [0.717, 1.165) is 61.4 Å². The first-order valence-corrected chi connectivity index (χ1v) is 8.16. The number of aromatic nitrogens is 2. The van der Waals surface area contributed by atoms with E-state index in [1.54, 1.807) is 6.26 Å². The number of hydrogen-bond acceptors (Lipinski definition) is 6. The minimum absolute atomic E-state index is 0. The van der Waals surface area contributed by atoms with Gasteiger partial charge in [-0.2, -0.15) is 0 Å². The Morgan fingerprint density at radius 2 is 2.00 bits per heavy atom. The van der Waals surface area contributed by atoms with Crippen LogP contribution in [-0.4, -0.2) is 59.3 Å². The molecule has 0 aliphatic carbocycles. The van der Waals surface area contributed by atoms with E-state index in [1.165, 1.54) is 0 Å². The number of halogens is 1. The number of nitrogens with one attached hydrogen (secondary N) is 1. The van der Waals surface area contributed by atoms with Gasteiger partial charge in [0.2, 0.25) is 0 Å². The van der Waals surface area contributed by atoms with Crippen LogP contribution in [0, 0.1) is 13.8 Å². The van der Waals surface area contributed by atoms with Crippen LogP contribution in [0.4, 0.5) is 0 Å². The molecule has 8 nitrogen and oxygen atoms in total. The van der Waals surface area contributed by atoms with Crippen molar-refractivity contribution >= 4 is 29.9 Å². The van der Waals surface area contributed by atoms with E-state index in [1.807, 2.05) is 27.0 Å². The third-order valence-corrected chi connectivity index (χ3v) is 4.36. The van der Waals surface area contributed by atoms with E-state index < -0.39 is 0 Å². The number of nitrogens with zero attached hydrogens (tertiary/aromatic N) is 5. The Kier molecular flexibility index (Phi) is 7.24. The molecule has 0 spiro atoms. The molecule has 1 fully saturated rings. The minimum atomic E-state index is 0. The van der Waals surface area contributed by atoms with Gasteiger partial charge >= 0.3 is 0 Å². The van der Waals surface area contributed by atoms with E-state index in [0.29, 0.717) is 6.54 Å². The summed E-state index contributed by atoms with van der Waals surface area (Å²) in [5, 5.41) is 11.4. The summed E-state index contributed by atoms with van der Waals surface area (Å²) in [6.45, 7) is 9.19. The van der Waals surface area contributed by atoms with Crippen molar-refractivity contribution in [1.82, 2.24) is 25.4 Å². The highest BCUT2D eigenvalue weighted by Crippen LogP contribution is 2.12.